The third-order valence-corrected chi connectivity index (χ3v) is 0.720. The van der Waals surface area contributed by atoms with Gasteiger partial charge in [-0.05, 0) is 6.92 Å². The van der Waals surface area contributed by atoms with E-state index in [4.69, 9.17) is 11.6 Å². The van der Waals surface area contributed by atoms with Crippen LogP contribution in [0.15, 0.2) is 0 Å². The van der Waals surface area contributed by atoms with E-state index >= 15 is 0 Å². The van der Waals surface area contributed by atoms with Crippen molar-refractivity contribution in [3.8, 4) is 0 Å². The number of ether oxygens (including phenoxy) is 1. The second-order valence-corrected chi connectivity index (χ2v) is 2.45. The number of aldehydes is 1. The number of esters is 1. The van der Waals surface area contributed by atoms with Crippen molar-refractivity contribution >= 4 is 23.9 Å². The molecular formula is C5H7ClO3. The van der Waals surface area contributed by atoms with E-state index < -0.39 is 11.0 Å². The number of hydrogen-bond acceptors (Lipinski definition) is 3. The zero-order valence-corrected chi connectivity index (χ0v) is 5.94. The minimum atomic E-state index is -1.49. The van der Waals surface area contributed by atoms with Crippen molar-refractivity contribution in [2.24, 2.45) is 0 Å². The Labute approximate surface area is 57.9 Å². The monoisotopic (exact) mass is 150 g/mol. The summed E-state index contributed by atoms with van der Waals surface area (Å²) in [4.78, 5) is 20.1. The van der Waals surface area contributed by atoms with Gasteiger partial charge < -0.3 is 4.74 Å². The lowest BCUT2D eigenvalue weighted by atomic mass is 10.4. The van der Waals surface area contributed by atoms with E-state index in [1.807, 2.05) is 0 Å². The molecule has 0 aromatic heterocycles. The molecule has 0 N–H and O–H groups in total. The van der Waals surface area contributed by atoms with Crippen LogP contribution in [0.5, 0.6) is 0 Å². The van der Waals surface area contributed by atoms with E-state index in [9.17, 15) is 9.59 Å². The summed E-state index contributed by atoms with van der Waals surface area (Å²) in [6.07, 6.45) is 0.357. The summed E-state index contributed by atoms with van der Waals surface area (Å²) in [5, 5.41) is -1.49. The summed E-state index contributed by atoms with van der Waals surface area (Å²) in [7, 11) is 0. The van der Waals surface area contributed by atoms with Crippen molar-refractivity contribution < 1.29 is 14.3 Å². The summed E-state index contributed by atoms with van der Waals surface area (Å²) in [6, 6.07) is 0. The highest BCUT2D eigenvalue weighted by atomic mass is 35.5. The highest BCUT2D eigenvalue weighted by Crippen LogP contribution is 2.11. The van der Waals surface area contributed by atoms with E-state index in [0.717, 1.165) is 0 Å². The number of halogens is 1. The number of hydrogen-bond donors (Lipinski definition) is 0. The molecule has 0 fully saturated rings. The lowest BCUT2D eigenvalue weighted by Crippen LogP contribution is -2.25. The zero-order valence-electron chi connectivity index (χ0n) is 5.18. The molecular weight excluding hydrogens is 144 g/mol. The number of rotatable bonds is 2. The minimum absolute atomic E-state index is 0.357. The van der Waals surface area contributed by atoms with Crippen LogP contribution in [0.1, 0.15) is 13.8 Å². The van der Waals surface area contributed by atoms with E-state index in [1.165, 1.54) is 13.8 Å². The van der Waals surface area contributed by atoms with Crippen LogP contribution in [-0.4, -0.2) is 17.3 Å². The van der Waals surface area contributed by atoms with Crippen molar-refractivity contribution in [2.75, 3.05) is 0 Å². The Balaban J connectivity index is 3.86. The van der Waals surface area contributed by atoms with Gasteiger partial charge in [-0.25, -0.2) is 0 Å². The summed E-state index contributed by atoms with van der Waals surface area (Å²) in [5.74, 6) is -0.570. The molecule has 52 valence electrons. The molecule has 0 aromatic carbocycles. The molecule has 0 saturated heterocycles. The Kier molecular flexibility index (Phi) is 2.65. The maximum absolute atomic E-state index is 10.2. The van der Waals surface area contributed by atoms with Crippen LogP contribution in [0.4, 0.5) is 0 Å². The highest BCUT2D eigenvalue weighted by Gasteiger charge is 2.22. The van der Waals surface area contributed by atoms with Gasteiger partial charge in [0.15, 0.2) is 6.29 Å². The molecule has 0 amide bonds. The average molecular weight is 151 g/mol. The zero-order chi connectivity index (χ0) is 7.49. The molecule has 4 heteroatoms. The molecule has 1 atom stereocenters. The molecule has 0 saturated carbocycles. The Morgan fingerprint density at radius 1 is 1.78 bits per heavy atom. The Hall–Kier alpha value is -0.570. The van der Waals surface area contributed by atoms with Gasteiger partial charge in [0.05, 0.1) is 0 Å². The van der Waals surface area contributed by atoms with Crippen molar-refractivity contribution in [1.29, 1.82) is 0 Å². The Bertz CT molecular complexity index is 130. The summed E-state index contributed by atoms with van der Waals surface area (Å²) < 4.78 is 4.35. The topological polar surface area (TPSA) is 43.4 Å². The largest absolute Gasteiger partial charge is 0.436 e. The Morgan fingerprint density at radius 3 is 2.33 bits per heavy atom. The second-order valence-electron chi connectivity index (χ2n) is 1.70. The van der Waals surface area contributed by atoms with Crippen LogP contribution in [-0.2, 0) is 14.3 Å². The smallest absolute Gasteiger partial charge is 0.304 e. The SMILES string of the molecule is CC(=O)OC(C)(Cl)C=O. The average Bonchev–Trinajstić information content (AvgIpc) is 1.63. The van der Waals surface area contributed by atoms with Crippen LogP contribution >= 0.6 is 11.6 Å². The van der Waals surface area contributed by atoms with Crippen LogP contribution < -0.4 is 0 Å². The van der Waals surface area contributed by atoms with Gasteiger partial charge in [0.1, 0.15) is 0 Å². The molecule has 0 heterocycles. The van der Waals surface area contributed by atoms with Gasteiger partial charge in [-0.1, -0.05) is 11.6 Å². The highest BCUT2D eigenvalue weighted by molar-refractivity contribution is 6.30. The first-order chi connectivity index (χ1) is 3.98. The number of carbonyl (C=O) groups excluding carboxylic acids is 2. The van der Waals surface area contributed by atoms with Crippen LogP contribution in [0, 0.1) is 0 Å². The quantitative estimate of drug-likeness (QED) is 0.331. The van der Waals surface area contributed by atoms with Gasteiger partial charge in [0.2, 0.25) is 5.06 Å². The van der Waals surface area contributed by atoms with E-state index in [0.29, 0.717) is 6.29 Å². The number of alkyl halides is 1. The standard InChI is InChI=1S/C5H7ClO3/c1-4(8)9-5(2,6)3-7/h3H,1-2H3. The molecule has 9 heavy (non-hydrogen) atoms. The van der Waals surface area contributed by atoms with Crippen LogP contribution in [0.25, 0.3) is 0 Å². The first kappa shape index (κ1) is 8.43. The Morgan fingerprint density at radius 2 is 2.22 bits per heavy atom. The minimum Gasteiger partial charge on any atom is -0.436 e. The normalized spacial score (nSPS) is 15.9. The molecule has 0 bridgehead atoms. The van der Waals surface area contributed by atoms with E-state index in [-0.39, 0.29) is 0 Å². The lowest BCUT2D eigenvalue weighted by molar-refractivity contribution is -0.151. The van der Waals surface area contributed by atoms with Crippen molar-refractivity contribution in [3.63, 3.8) is 0 Å². The molecule has 0 radical (unpaired) electrons. The van der Waals surface area contributed by atoms with Crippen molar-refractivity contribution in [3.05, 3.63) is 0 Å². The molecule has 0 aromatic rings. The van der Waals surface area contributed by atoms with Gasteiger partial charge in [0, 0.05) is 6.92 Å². The summed E-state index contributed by atoms with van der Waals surface area (Å²) >= 11 is 5.30. The fourth-order valence-electron chi connectivity index (χ4n) is 0.305. The van der Waals surface area contributed by atoms with Gasteiger partial charge in [-0.3, -0.25) is 9.59 Å². The molecule has 1 unspecified atom stereocenters. The van der Waals surface area contributed by atoms with Crippen molar-refractivity contribution in [1.82, 2.24) is 0 Å². The third-order valence-electron chi connectivity index (χ3n) is 0.554. The number of carbonyl (C=O) groups is 2. The van der Waals surface area contributed by atoms with Gasteiger partial charge in [-0.15, -0.1) is 0 Å². The van der Waals surface area contributed by atoms with Gasteiger partial charge >= 0.3 is 5.97 Å². The van der Waals surface area contributed by atoms with E-state index in [2.05, 4.69) is 4.74 Å². The van der Waals surface area contributed by atoms with Gasteiger partial charge in [-0.2, -0.15) is 0 Å². The van der Waals surface area contributed by atoms with Gasteiger partial charge in [0.25, 0.3) is 0 Å². The maximum atomic E-state index is 10.2. The molecule has 0 aliphatic heterocycles. The third kappa shape index (κ3) is 3.97. The summed E-state index contributed by atoms with van der Waals surface area (Å²) in [6.45, 7) is 2.48. The molecule has 0 rings (SSSR count). The van der Waals surface area contributed by atoms with Crippen LogP contribution in [0.2, 0.25) is 0 Å². The van der Waals surface area contributed by atoms with Crippen LogP contribution in [0.3, 0.4) is 0 Å². The first-order valence-electron chi connectivity index (χ1n) is 2.33. The predicted octanol–water partition coefficient (Wildman–Crippen LogP) is 0.703. The fraction of sp³-hybridized carbons (Fsp3) is 0.600. The van der Waals surface area contributed by atoms with E-state index in [1.54, 1.807) is 0 Å². The second kappa shape index (κ2) is 2.82. The fourth-order valence-corrected chi connectivity index (χ4v) is 0.414. The summed E-state index contributed by atoms with van der Waals surface area (Å²) in [5.41, 5.74) is 0. The molecule has 0 aliphatic carbocycles. The lowest BCUT2D eigenvalue weighted by Gasteiger charge is -2.12. The van der Waals surface area contributed by atoms with Crippen molar-refractivity contribution in [2.45, 2.75) is 18.9 Å². The first-order valence-corrected chi connectivity index (χ1v) is 2.70. The predicted molar refractivity (Wildman–Crippen MR) is 32.1 cm³/mol. The maximum Gasteiger partial charge on any atom is 0.304 e. The molecule has 0 aliphatic rings. The molecule has 3 nitrogen and oxygen atoms in total. The molecule has 0 spiro atoms.